The lowest BCUT2D eigenvalue weighted by Crippen LogP contribution is -2.32. The molecule has 2 N–H and O–H groups in total. The van der Waals surface area contributed by atoms with E-state index in [1.807, 2.05) is 18.2 Å². The van der Waals surface area contributed by atoms with Gasteiger partial charge in [-0.05, 0) is 55.6 Å². The number of hydrogen-bond donors (Lipinski definition) is 1. The highest BCUT2D eigenvalue weighted by molar-refractivity contribution is 6.31. The number of anilines is 1. The Bertz CT molecular complexity index is 357. The van der Waals surface area contributed by atoms with Gasteiger partial charge in [0.1, 0.15) is 0 Å². The van der Waals surface area contributed by atoms with Crippen LogP contribution in [-0.2, 0) is 6.54 Å². The molecule has 1 saturated heterocycles. The van der Waals surface area contributed by atoms with Crippen molar-refractivity contribution < 1.29 is 0 Å². The van der Waals surface area contributed by atoms with Gasteiger partial charge in [0, 0.05) is 17.3 Å². The molecule has 0 aromatic heterocycles. The standard InChI is InChI=1S/C13H19ClN2/c1-10-4-6-16(7-5-10)9-11-8-12(15)2-3-13(11)14/h2-3,8,10H,4-7,9,15H2,1H3. The van der Waals surface area contributed by atoms with Crippen LogP contribution in [0.15, 0.2) is 18.2 Å². The molecule has 88 valence electrons. The molecule has 16 heavy (non-hydrogen) atoms. The molecule has 0 saturated carbocycles. The summed E-state index contributed by atoms with van der Waals surface area (Å²) in [5.74, 6) is 0.868. The number of hydrogen-bond acceptors (Lipinski definition) is 2. The maximum absolute atomic E-state index is 6.16. The fraction of sp³-hybridized carbons (Fsp3) is 0.538. The van der Waals surface area contributed by atoms with Crippen LogP contribution in [0.2, 0.25) is 5.02 Å². The quantitative estimate of drug-likeness (QED) is 0.802. The van der Waals surface area contributed by atoms with E-state index in [1.165, 1.54) is 25.9 Å². The molecular weight excluding hydrogens is 220 g/mol. The summed E-state index contributed by atoms with van der Waals surface area (Å²) >= 11 is 6.16. The van der Waals surface area contributed by atoms with Crippen molar-refractivity contribution >= 4 is 17.3 Å². The zero-order valence-corrected chi connectivity index (χ0v) is 10.5. The van der Waals surface area contributed by atoms with Gasteiger partial charge in [0.05, 0.1) is 0 Å². The Labute approximate surface area is 102 Å². The Hall–Kier alpha value is -0.730. The summed E-state index contributed by atoms with van der Waals surface area (Å²) in [5, 5.41) is 0.827. The lowest BCUT2D eigenvalue weighted by molar-refractivity contribution is 0.185. The molecule has 1 aliphatic heterocycles. The minimum atomic E-state index is 0.796. The lowest BCUT2D eigenvalue weighted by Gasteiger charge is -2.30. The average molecular weight is 239 g/mol. The van der Waals surface area contributed by atoms with Crippen molar-refractivity contribution in [1.29, 1.82) is 0 Å². The van der Waals surface area contributed by atoms with E-state index in [-0.39, 0.29) is 0 Å². The molecule has 0 amide bonds. The van der Waals surface area contributed by atoms with Gasteiger partial charge in [-0.25, -0.2) is 0 Å². The lowest BCUT2D eigenvalue weighted by atomic mass is 9.99. The minimum absolute atomic E-state index is 0.796. The number of piperidine rings is 1. The van der Waals surface area contributed by atoms with E-state index in [9.17, 15) is 0 Å². The molecule has 0 radical (unpaired) electrons. The zero-order chi connectivity index (χ0) is 11.5. The molecule has 1 heterocycles. The number of nitrogens with two attached hydrogens (primary N) is 1. The molecule has 1 aromatic carbocycles. The first-order valence-corrected chi connectivity index (χ1v) is 6.29. The van der Waals surface area contributed by atoms with E-state index in [1.54, 1.807) is 0 Å². The molecule has 0 spiro atoms. The Morgan fingerprint density at radius 2 is 2.06 bits per heavy atom. The SMILES string of the molecule is CC1CCN(Cc2cc(N)ccc2Cl)CC1. The van der Waals surface area contributed by atoms with Gasteiger partial charge in [-0.1, -0.05) is 18.5 Å². The highest BCUT2D eigenvalue weighted by atomic mass is 35.5. The van der Waals surface area contributed by atoms with Gasteiger partial charge in [-0.3, -0.25) is 4.90 Å². The monoisotopic (exact) mass is 238 g/mol. The van der Waals surface area contributed by atoms with Crippen LogP contribution >= 0.6 is 11.6 Å². The van der Waals surface area contributed by atoms with Crippen LogP contribution in [0.5, 0.6) is 0 Å². The summed E-state index contributed by atoms with van der Waals surface area (Å²) < 4.78 is 0. The second-order valence-corrected chi connectivity index (χ2v) is 5.22. The average Bonchev–Trinajstić information content (AvgIpc) is 2.27. The highest BCUT2D eigenvalue weighted by Gasteiger charge is 2.16. The first kappa shape index (κ1) is 11.7. The van der Waals surface area contributed by atoms with Gasteiger partial charge in [0.15, 0.2) is 0 Å². The number of rotatable bonds is 2. The normalized spacial score (nSPS) is 18.9. The van der Waals surface area contributed by atoms with Gasteiger partial charge < -0.3 is 5.73 Å². The van der Waals surface area contributed by atoms with Crippen LogP contribution < -0.4 is 5.73 Å². The largest absolute Gasteiger partial charge is 0.399 e. The van der Waals surface area contributed by atoms with Gasteiger partial charge in [-0.15, -0.1) is 0 Å². The molecule has 1 aliphatic rings. The minimum Gasteiger partial charge on any atom is -0.399 e. The molecular formula is C13H19ClN2. The maximum atomic E-state index is 6.16. The molecule has 1 fully saturated rings. The summed E-state index contributed by atoms with van der Waals surface area (Å²) in [6, 6.07) is 5.73. The van der Waals surface area contributed by atoms with Gasteiger partial charge >= 0.3 is 0 Å². The molecule has 0 aliphatic carbocycles. The summed E-state index contributed by atoms with van der Waals surface area (Å²) in [4.78, 5) is 2.46. The van der Waals surface area contributed by atoms with Crippen molar-refractivity contribution in [1.82, 2.24) is 4.90 Å². The van der Waals surface area contributed by atoms with Crippen LogP contribution in [-0.4, -0.2) is 18.0 Å². The second-order valence-electron chi connectivity index (χ2n) is 4.81. The number of likely N-dealkylation sites (tertiary alicyclic amines) is 1. The molecule has 3 heteroatoms. The van der Waals surface area contributed by atoms with Gasteiger partial charge in [0.25, 0.3) is 0 Å². The molecule has 2 rings (SSSR count). The van der Waals surface area contributed by atoms with Gasteiger partial charge in [-0.2, -0.15) is 0 Å². The van der Waals surface area contributed by atoms with Crippen molar-refractivity contribution in [3.63, 3.8) is 0 Å². The number of nitrogens with zero attached hydrogens (tertiary/aromatic N) is 1. The molecule has 0 bridgehead atoms. The number of nitrogen functional groups attached to an aromatic ring is 1. The topological polar surface area (TPSA) is 29.3 Å². The summed E-state index contributed by atoms with van der Waals surface area (Å²) in [5.41, 5.74) is 7.72. The Morgan fingerprint density at radius 3 is 2.75 bits per heavy atom. The van der Waals surface area contributed by atoms with Gasteiger partial charge in [0.2, 0.25) is 0 Å². The third kappa shape index (κ3) is 2.89. The number of halogens is 1. The van der Waals surface area contributed by atoms with Crippen LogP contribution in [0.1, 0.15) is 25.3 Å². The second kappa shape index (κ2) is 5.07. The first-order chi connectivity index (χ1) is 7.65. The Kier molecular flexibility index (Phi) is 3.72. The molecule has 1 aromatic rings. The van der Waals surface area contributed by atoms with E-state index < -0.39 is 0 Å². The maximum Gasteiger partial charge on any atom is 0.0452 e. The first-order valence-electron chi connectivity index (χ1n) is 5.91. The fourth-order valence-corrected chi connectivity index (χ4v) is 2.35. The molecule has 2 nitrogen and oxygen atoms in total. The summed E-state index contributed by atoms with van der Waals surface area (Å²) in [6.07, 6.45) is 2.58. The molecule has 0 unspecified atom stereocenters. The van der Waals surface area contributed by atoms with Crippen molar-refractivity contribution in [2.75, 3.05) is 18.8 Å². The summed E-state index contributed by atoms with van der Waals surface area (Å²) in [7, 11) is 0. The van der Waals surface area contributed by atoms with E-state index >= 15 is 0 Å². The Morgan fingerprint density at radius 1 is 1.38 bits per heavy atom. The third-order valence-corrected chi connectivity index (χ3v) is 3.71. The smallest absolute Gasteiger partial charge is 0.0452 e. The highest BCUT2D eigenvalue weighted by Crippen LogP contribution is 2.23. The van der Waals surface area contributed by atoms with Crippen LogP contribution in [0.25, 0.3) is 0 Å². The van der Waals surface area contributed by atoms with Crippen LogP contribution in [0.3, 0.4) is 0 Å². The van der Waals surface area contributed by atoms with Crippen molar-refractivity contribution in [2.45, 2.75) is 26.3 Å². The van der Waals surface area contributed by atoms with Crippen molar-refractivity contribution in [2.24, 2.45) is 5.92 Å². The molecule has 0 atom stereocenters. The predicted octanol–water partition coefficient (Wildman–Crippen LogP) is 3.15. The fourth-order valence-electron chi connectivity index (χ4n) is 2.18. The number of benzene rings is 1. The van der Waals surface area contributed by atoms with E-state index in [2.05, 4.69) is 11.8 Å². The van der Waals surface area contributed by atoms with Crippen molar-refractivity contribution in [3.8, 4) is 0 Å². The van der Waals surface area contributed by atoms with E-state index in [0.29, 0.717) is 0 Å². The zero-order valence-electron chi connectivity index (χ0n) is 9.75. The van der Waals surface area contributed by atoms with Crippen LogP contribution in [0, 0.1) is 5.92 Å². The third-order valence-electron chi connectivity index (χ3n) is 3.34. The predicted molar refractivity (Wildman–Crippen MR) is 69.5 cm³/mol. The van der Waals surface area contributed by atoms with E-state index in [4.69, 9.17) is 17.3 Å². The van der Waals surface area contributed by atoms with E-state index in [0.717, 1.165) is 28.7 Å². The Balaban J connectivity index is 2.00. The van der Waals surface area contributed by atoms with Crippen molar-refractivity contribution in [3.05, 3.63) is 28.8 Å². The summed E-state index contributed by atoms with van der Waals surface area (Å²) in [6.45, 7) is 5.60. The van der Waals surface area contributed by atoms with Crippen LogP contribution in [0.4, 0.5) is 5.69 Å².